The molecule has 0 spiro atoms. The number of benzene rings is 8. The number of hydrogen-bond acceptors (Lipinski definition) is 2. The zero-order chi connectivity index (χ0) is 32.9. The van der Waals surface area contributed by atoms with E-state index in [-0.39, 0.29) is 0 Å². The highest BCUT2D eigenvalue weighted by Crippen LogP contribution is 2.48. The second-order valence-electron chi connectivity index (χ2n) is 12.3. The molecule has 9 aromatic rings. The van der Waals surface area contributed by atoms with Crippen molar-refractivity contribution in [3.63, 3.8) is 0 Å². The molecule has 0 atom stereocenters. The fraction of sp³-hybridized carbons (Fsp3) is 0. The molecular weight excluding hydrogens is 595 g/mol. The van der Waals surface area contributed by atoms with Crippen LogP contribution in [0, 0.1) is 22.7 Å². The zero-order valence-electron chi connectivity index (χ0n) is 26.4. The predicted molar refractivity (Wildman–Crippen MR) is 202 cm³/mol. The Bertz CT molecular complexity index is 2720. The molecule has 0 aliphatic rings. The molecule has 9 rings (SSSR count). The summed E-state index contributed by atoms with van der Waals surface area (Å²) in [5.41, 5.74) is 10.0. The van der Waals surface area contributed by atoms with Gasteiger partial charge < -0.3 is 4.57 Å². The van der Waals surface area contributed by atoms with E-state index >= 15 is 0 Å². The van der Waals surface area contributed by atoms with Gasteiger partial charge in [-0.05, 0) is 80.2 Å². The van der Waals surface area contributed by atoms with Gasteiger partial charge in [-0.3, -0.25) is 0 Å². The minimum absolute atomic E-state index is 0.527. The topological polar surface area (TPSA) is 52.5 Å². The van der Waals surface area contributed by atoms with Crippen LogP contribution in [-0.2, 0) is 0 Å². The minimum Gasteiger partial charge on any atom is -0.309 e. The molecule has 49 heavy (non-hydrogen) atoms. The van der Waals surface area contributed by atoms with E-state index in [0.717, 1.165) is 71.6 Å². The van der Waals surface area contributed by atoms with Gasteiger partial charge in [-0.1, -0.05) is 127 Å². The standard InChI is InChI=1S/C46H27N3/c47-28-32-22-23-33(29-48)45(46-39-18-6-4-16-37(39)44(30-12-2-1-3-13-30)38-17-5-7-19-40(38)46)43(32)31-24-26-34(27-25-31)49-41-20-10-8-14-35(41)36-15-9-11-21-42(36)49/h1-27H. The lowest BCUT2D eigenvalue weighted by atomic mass is 9.81. The van der Waals surface area contributed by atoms with Gasteiger partial charge in [0, 0.05) is 27.6 Å². The molecule has 3 heteroatoms. The molecule has 226 valence electrons. The van der Waals surface area contributed by atoms with E-state index in [9.17, 15) is 10.5 Å². The minimum atomic E-state index is 0.527. The Morgan fingerprint density at radius 3 is 1.24 bits per heavy atom. The molecule has 8 aromatic carbocycles. The Morgan fingerprint density at radius 1 is 0.327 bits per heavy atom. The van der Waals surface area contributed by atoms with Crippen molar-refractivity contribution in [2.45, 2.75) is 0 Å². The lowest BCUT2D eigenvalue weighted by molar-refractivity contribution is 1.18. The SMILES string of the molecule is N#Cc1ccc(C#N)c(-c2c3ccccc3c(-c3ccccc3)c3ccccc23)c1-c1ccc(-n2c3ccccc3c3ccccc32)cc1. The average molecular weight is 622 g/mol. The molecule has 1 heterocycles. The van der Waals surface area contributed by atoms with Crippen LogP contribution >= 0.6 is 0 Å². The maximum atomic E-state index is 10.6. The molecular formula is C46H27N3. The number of hydrogen-bond donors (Lipinski definition) is 0. The summed E-state index contributed by atoms with van der Waals surface area (Å²) in [6, 6.07) is 61.2. The molecule has 1 aromatic heterocycles. The highest BCUT2D eigenvalue weighted by atomic mass is 15.0. The van der Waals surface area contributed by atoms with Gasteiger partial charge >= 0.3 is 0 Å². The van der Waals surface area contributed by atoms with Crippen molar-refractivity contribution >= 4 is 43.4 Å². The van der Waals surface area contributed by atoms with E-state index < -0.39 is 0 Å². The van der Waals surface area contributed by atoms with E-state index in [4.69, 9.17) is 0 Å². The quantitative estimate of drug-likeness (QED) is 0.184. The second-order valence-corrected chi connectivity index (χ2v) is 12.3. The summed E-state index contributed by atoms with van der Waals surface area (Å²) in [5, 5.41) is 27.8. The van der Waals surface area contributed by atoms with E-state index in [1.165, 1.54) is 10.8 Å². The van der Waals surface area contributed by atoms with Crippen molar-refractivity contribution in [2.75, 3.05) is 0 Å². The number of aromatic nitrogens is 1. The van der Waals surface area contributed by atoms with Crippen LogP contribution in [0.4, 0.5) is 0 Å². The molecule has 0 aliphatic carbocycles. The summed E-state index contributed by atoms with van der Waals surface area (Å²) in [6.07, 6.45) is 0. The monoisotopic (exact) mass is 621 g/mol. The van der Waals surface area contributed by atoms with Crippen LogP contribution in [-0.4, -0.2) is 4.57 Å². The van der Waals surface area contributed by atoms with E-state index in [0.29, 0.717) is 11.1 Å². The molecule has 0 fully saturated rings. The van der Waals surface area contributed by atoms with Crippen LogP contribution in [0.3, 0.4) is 0 Å². The molecule has 0 aliphatic heterocycles. The number of fused-ring (bicyclic) bond motifs is 5. The van der Waals surface area contributed by atoms with Crippen molar-refractivity contribution in [2.24, 2.45) is 0 Å². The van der Waals surface area contributed by atoms with Crippen LogP contribution < -0.4 is 0 Å². The Labute approximate surface area is 283 Å². The maximum absolute atomic E-state index is 10.6. The first-order valence-electron chi connectivity index (χ1n) is 16.3. The Balaban J connectivity index is 1.34. The third-order valence-electron chi connectivity index (χ3n) is 9.68. The van der Waals surface area contributed by atoms with Gasteiger partial charge in [0.1, 0.15) is 0 Å². The van der Waals surface area contributed by atoms with Crippen molar-refractivity contribution in [3.05, 3.63) is 175 Å². The van der Waals surface area contributed by atoms with Crippen molar-refractivity contribution in [1.29, 1.82) is 10.5 Å². The molecule has 0 saturated carbocycles. The highest BCUT2D eigenvalue weighted by Gasteiger charge is 2.23. The van der Waals surface area contributed by atoms with Gasteiger partial charge in [-0.2, -0.15) is 10.5 Å². The second kappa shape index (κ2) is 11.4. The van der Waals surface area contributed by atoms with Gasteiger partial charge in [0.25, 0.3) is 0 Å². The zero-order valence-corrected chi connectivity index (χ0v) is 26.4. The molecule has 0 N–H and O–H groups in total. The molecule has 0 bridgehead atoms. The predicted octanol–water partition coefficient (Wildman–Crippen LogP) is 11.8. The summed E-state index contributed by atoms with van der Waals surface area (Å²) >= 11 is 0. The molecule has 0 radical (unpaired) electrons. The molecule has 0 saturated heterocycles. The van der Waals surface area contributed by atoms with Crippen molar-refractivity contribution in [1.82, 2.24) is 4.57 Å². The Hall–Kier alpha value is -6.94. The number of para-hydroxylation sites is 2. The maximum Gasteiger partial charge on any atom is 0.0998 e. The summed E-state index contributed by atoms with van der Waals surface area (Å²) in [4.78, 5) is 0. The van der Waals surface area contributed by atoms with Crippen LogP contribution in [0.25, 0.3) is 82.4 Å². The van der Waals surface area contributed by atoms with Crippen LogP contribution in [0.15, 0.2) is 164 Å². The normalized spacial score (nSPS) is 11.2. The first-order valence-corrected chi connectivity index (χ1v) is 16.3. The van der Waals surface area contributed by atoms with Crippen LogP contribution in [0.5, 0.6) is 0 Å². The van der Waals surface area contributed by atoms with E-state index in [2.05, 4.69) is 162 Å². The van der Waals surface area contributed by atoms with Crippen molar-refractivity contribution in [3.8, 4) is 51.2 Å². The largest absolute Gasteiger partial charge is 0.309 e. The average Bonchev–Trinajstić information content (AvgIpc) is 3.51. The lowest BCUT2D eigenvalue weighted by Crippen LogP contribution is -1.98. The summed E-state index contributed by atoms with van der Waals surface area (Å²) in [5.74, 6) is 0. The van der Waals surface area contributed by atoms with E-state index in [1.54, 1.807) is 12.1 Å². The number of nitrogens with zero attached hydrogens (tertiary/aromatic N) is 3. The Kier molecular flexibility index (Phi) is 6.58. The first kappa shape index (κ1) is 28.3. The highest BCUT2D eigenvalue weighted by molar-refractivity contribution is 6.23. The van der Waals surface area contributed by atoms with E-state index in [1.807, 2.05) is 6.07 Å². The number of nitriles is 2. The van der Waals surface area contributed by atoms with Crippen LogP contribution in [0.2, 0.25) is 0 Å². The summed E-state index contributed by atoms with van der Waals surface area (Å²) in [7, 11) is 0. The van der Waals surface area contributed by atoms with Gasteiger partial charge in [0.2, 0.25) is 0 Å². The molecule has 0 unspecified atom stereocenters. The van der Waals surface area contributed by atoms with Crippen molar-refractivity contribution < 1.29 is 0 Å². The molecule has 0 amide bonds. The fourth-order valence-electron chi connectivity index (χ4n) is 7.64. The summed E-state index contributed by atoms with van der Waals surface area (Å²) in [6.45, 7) is 0. The third-order valence-corrected chi connectivity index (χ3v) is 9.68. The number of rotatable bonds is 4. The Morgan fingerprint density at radius 2 is 0.735 bits per heavy atom. The van der Waals surface area contributed by atoms with Gasteiger partial charge in [0.05, 0.1) is 34.3 Å². The lowest BCUT2D eigenvalue weighted by Gasteiger charge is -2.21. The first-order chi connectivity index (χ1) is 24.3. The smallest absolute Gasteiger partial charge is 0.0998 e. The molecule has 3 nitrogen and oxygen atoms in total. The third kappa shape index (κ3) is 4.35. The van der Waals surface area contributed by atoms with Crippen LogP contribution in [0.1, 0.15) is 11.1 Å². The fourth-order valence-corrected chi connectivity index (χ4v) is 7.64. The summed E-state index contributed by atoms with van der Waals surface area (Å²) < 4.78 is 2.29. The van der Waals surface area contributed by atoms with Gasteiger partial charge in [0.15, 0.2) is 0 Å². The van der Waals surface area contributed by atoms with Gasteiger partial charge in [-0.15, -0.1) is 0 Å². The van der Waals surface area contributed by atoms with Gasteiger partial charge in [-0.25, -0.2) is 0 Å².